The molecule has 0 spiro atoms. The third-order valence-corrected chi connectivity index (χ3v) is 3.83. The molecule has 0 unspecified atom stereocenters. The van der Waals surface area contributed by atoms with E-state index in [4.69, 9.17) is 4.74 Å². The van der Waals surface area contributed by atoms with Crippen LogP contribution in [-0.4, -0.2) is 16.6 Å². The Bertz CT molecular complexity index is 811. The van der Waals surface area contributed by atoms with Crippen molar-refractivity contribution in [1.29, 1.82) is 0 Å². The van der Waals surface area contributed by atoms with E-state index in [0.717, 1.165) is 30.6 Å². The van der Waals surface area contributed by atoms with Crippen LogP contribution in [0, 0.1) is 0 Å². The van der Waals surface area contributed by atoms with Crippen LogP contribution in [0.5, 0.6) is 5.75 Å². The van der Waals surface area contributed by atoms with Gasteiger partial charge in [-0.2, -0.15) is 0 Å². The molecule has 2 aromatic heterocycles. The van der Waals surface area contributed by atoms with E-state index in [2.05, 4.69) is 16.0 Å². The highest BCUT2D eigenvalue weighted by Crippen LogP contribution is 2.19. The Labute approximate surface area is 141 Å². The van der Waals surface area contributed by atoms with Gasteiger partial charge >= 0.3 is 0 Å². The summed E-state index contributed by atoms with van der Waals surface area (Å²) in [4.78, 5) is 18.6. The summed E-state index contributed by atoms with van der Waals surface area (Å²) in [6, 6.07) is 15.3. The van der Waals surface area contributed by atoms with E-state index >= 15 is 0 Å². The molecule has 3 aromatic rings. The molecule has 4 nitrogen and oxygen atoms in total. The first kappa shape index (κ1) is 16.0. The third-order valence-electron chi connectivity index (χ3n) is 3.83. The maximum atomic E-state index is 11.8. The number of aryl methyl sites for hydroxylation is 1. The Kier molecular flexibility index (Phi) is 5.40. The molecule has 0 aliphatic rings. The number of nitrogens with one attached hydrogen (secondary N) is 1. The summed E-state index contributed by atoms with van der Waals surface area (Å²) >= 11 is 0. The molecule has 122 valence electrons. The molecule has 0 amide bonds. The highest BCUT2D eigenvalue weighted by atomic mass is 16.5. The molecular weight excluding hydrogens is 300 g/mol. The molecule has 1 aromatic carbocycles. The molecule has 0 atom stereocenters. The van der Waals surface area contributed by atoms with Crippen molar-refractivity contribution in [3.05, 3.63) is 83.0 Å². The van der Waals surface area contributed by atoms with Crippen molar-refractivity contribution in [3.63, 3.8) is 0 Å². The van der Waals surface area contributed by atoms with Crippen molar-refractivity contribution < 1.29 is 4.74 Å². The number of benzene rings is 1. The summed E-state index contributed by atoms with van der Waals surface area (Å²) in [7, 11) is 0. The number of hydrogen-bond donors (Lipinski definition) is 1. The van der Waals surface area contributed by atoms with E-state index in [1.807, 2.05) is 48.7 Å². The van der Waals surface area contributed by atoms with Crippen LogP contribution < -0.4 is 10.3 Å². The van der Waals surface area contributed by atoms with Gasteiger partial charge in [-0.05, 0) is 60.7 Å². The Balaban J connectivity index is 1.47. The van der Waals surface area contributed by atoms with Crippen molar-refractivity contribution in [3.8, 4) is 16.9 Å². The van der Waals surface area contributed by atoms with Gasteiger partial charge in [0.25, 0.3) is 5.56 Å². The van der Waals surface area contributed by atoms with Crippen molar-refractivity contribution >= 4 is 0 Å². The van der Waals surface area contributed by atoms with Crippen molar-refractivity contribution in [2.45, 2.75) is 19.3 Å². The second kappa shape index (κ2) is 8.11. The van der Waals surface area contributed by atoms with Crippen LogP contribution >= 0.6 is 0 Å². The molecule has 0 bridgehead atoms. The van der Waals surface area contributed by atoms with Crippen LogP contribution in [0.4, 0.5) is 0 Å². The minimum absolute atomic E-state index is 0.0819. The number of unbranched alkanes of at least 4 members (excludes halogenated alkanes) is 1. The summed E-state index contributed by atoms with van der Waals surface area (Å²) in [6.07, 6.45) is 8.42. The maximum Gasteiger partial charge on any atom is 0.255 e. The molecule has 24 heavy (non-hydrogen) atoms. The lowest BCUT2D eigenvalue weighted by atomic mass is 10.1. The van der Waals surface area contributed by atoms with Gasteiger partial charge in [0.2, 0.25) is 0 Å². The van der Waals surface area contributed by atoms with Crippen LogP contribution in [0.25, 0.3) is 11.1 Å². The molecule has 0 fully saturated rings. The van der Waals surface area contributed by atoms with E-state index < -0.39 is 0 Å². The molecule has 1 N–H and O–H groups in total. The van der Waals surface area contributed by atoms with Crippen LogP contribution in [0.1, 0.15) is 18.4 Å². The van der Waals surface area contributed by atoms with Gasteiger partial charge in [-0.15, -0.1) is 0 Å². The predicted molar refractivity (Wildman–Crippen MR) is 95.2 cm³/mol. The molecule has 0 aliphatic carbocycles. The number of hydrogen-bond acceptors (Lipinski definition) is 3. The number of pyridine rings is 2. The van der Waals surface area contributed by atoms with Crippen molar-refractivity contribution in [1.82, 2.24) is 9.97 Å². The largest absolute Gasteiger partial charge is 0.494 e. The zero-order valence-corrected chi connectivity index (χ0v) is 13.4. The van der Waals surface area contributed by atoms with Gasteiger partial charge < -0.3 is 9.72 Å². The molecule has 2 heterocycles. The lowest BCUT2D eigenvalue weighted by Crippen LogP contribution is -2.06. The van der Waals surface area contributed by atoms with Crippen LogP contribution in [0.2, 0.25) is 0 Å². The Hall–Kier alpha value is -2.88. The molecule has 0 aliphatic heterocycles. The fourth-order valence-corrected chi connectivity index (χ4v) is 2.55. The minimum atomic E-state index is -0.0819. The molecule has 4 heteroatoms. The molecule has 0 saturated carbocycles. The van der Waals surface area contributed by atoms with Gasteiger partial charge in [0, 0.05) is 24.2 Å². The highest BCUT2D eigenvalue weighted by molar-refractivity contribution is 5.62. The normalized spacial score (nSPS) is 10.5. The van der Waals surface area contributed by atoms with Crippen LogP contribution in [0.15, 0.2) is 71.9 Å². The number of aromatic nitrogens is 2. The van der Waals surface area contributed by atoms with E-state index in [1.54, 1.807) is 12.4 Å². The number of H-pyrrole nitrogens is 1. The second-order valence-corrected chi connectivity index (χ2v) is 5.60. The molecular formula is C20H20N2O2. The molecule has 3 rings (SSSR count). The van der Waals surface area contributed by atoms with Crippen LogP contribution in [-0.2, 0) is 6.42 Å². The summed E-state index contributed by atoms with van der Waals surface area (Å²) < 4.78 is 5.76. The maximum absolute atomic E-state index is 11.8. The van der Waals surface area contributed by atoms with Gasteiger partial charge in [0.05, 0.1) is 6.61 Å². The van der Waals surface area contributed by atoms with Crippen molar-refractivity contribution in [2.24, 2.45) is 0 Å². The van der Waals surface area contributed by atoms with Gasteiger partial charge in [-0.25, -0.2) is 0 Å². The fourth-order valence-electron chi connectivity index (χ4n) is 2.55. The van der Waals surface area contributed by atoms with Gasteiger partial charge in [-0.1, -0.05) is 18.2 Å². The van der Waals surface area contributed by atoms with E-state index in [0.29, 0.717) is 12.2 Å². The smallest absolute Gasteiger partial charge is 0.255 e. The summed E-state index contributed by atoms with van der Waals surface area (Å²) in [5.74, 6) is 0.826. The Morgan fingerprint density at radius 3 is 2.62 bits per heavy atom. The first-order valence-corrected chi connectivity index (χ1v) is 8.13. The topological polar surface area (TPSA) is 55.0 Å². The lowest BCUT2D eigenvalue weighted by molar-refractivity contribution is 0.307. The first-order chi connectivity index (χ1) is 11.8. The zero-order chi connectivity index (χ0) is 16.6. The Morgan fingerprint density at radius 1 is 1.00 bits per heavy atom. The third kappa shape index (κ3) is 4.32. The standard InChI is InChI=1S/C20H20N2O2/c23-20-19(7-4-13-22-20)17-8-10-18(11-9-17)24-14-2-1-5-16-6-3-12-21-15-16/h3-4,6-13,15H,1-2,5,14H2,(H,22,23). The molecule has 0 saturated heterocycles. The number of aromatic amines is 1. The first-order valence-electron chi connectivity index (χ1n) is 8.13. The SMILES string of the molecule is O=c1[nH]cccc1-c1ccc(OCCCCc2cccnc2)cc1. The zero-order valence-electron chi connectivity index (χ0n) is 13.4. The summed E-state index contributed by atoms with van der Waals surface area (Å²) in [5, 5.41) is 0. The predicted octanol–water partition coefficient (Wildman–Crippen LogP) is 3.84. The van der Waals surface area contributed by atoms with E-state index in [9.17, 15) is 4.79 Å². The van der Waals surface area contributed by atoms with E-state index in [-0.39, 0.29) is 5.56 Å². The quantitative estimate of drug-likeness (QED) is 0.673. The van der Waals surface area contributed by atoms with Crippen LogP contribution in [0.3, 0.4) is 0 Å². The minimum Gasteiger partial charge on any atom is -0.494 e. The number of ether oxygens (including phenoxy) is 1. The number of rotatable bonds is 7. The van der Waals surface area contributed by atoms with Gasteiger partial charge in [0.1, 0.15) is 5.75 Å². The summed E-state index contributed by atoms with van der Waals surface area (Å²) in [6.45, 7) is 0.686. The van der Waals surface area contributed by atoms with E-state index in [1.165, 1.54) is 5.56 Å². The lowest BCUT2D eigenvalue weighted by Gasteiger charge is -2.07. The monoisotopic (exact) mass is 320 g/mol. The highest BCUT2D eigenvalue weighted by Gasteiger charge is 2.02. The Morgan fingerprint density at radius 2 is 1.88 bits per heavy atom. The second-order valence-electron chi connectivity index (χ2n) is 5.60. The fraction of sp³-hybridized carbons (Fsp3) is 0.200. The summed E-state index contributed by atoms with van der Waals surface area (Å²) in [5.41, 5.74) is 2.73. The van der Waals surface area contributed by atoms with Gasteiger partial charge in [-0.3, -0.25) is 9.78 Å². The molecule has 0 radical (unpaired) electrons. The number of nitrogens with zero attached hydrogens (tertiary/aromatic N) is 1. The van der Waals surface area contributed by atoms with Crippen molar-refractivity contribution in [2.75, 3.05) is 6.61 Å². The average Bonchev–Trinajstić information content (AvgIpc) is 2.63. The average molecular weight is 320 g/mol. The van der Waals surface area contributed by atoms with Gasteiger partial charge in [0.15, 0.2) is 0 Å².